The summed E-state index contributed by atoms with van der Waals surface area (Å²) in [7, 11) is 0. The number of aliphatic hydroxyl groups excluding tert-OH is 1. The van der Waals surface area contributed by atoms with E-state index in [4.69, 9.17) is 0 Å². The van der Waals surface area contributed by atoms with Crippen LogP contribution in [0.4, 0.5) is 17.6 Å². The minimum absolute atomic E-state index is 0.122. The summed E-state index contributed by atoms with van der Waals surface area (Å²) in [6, 6.07) is 4.81. The Balaban J connectivity index is 2.27. The second-order valence-electron chi connectivity index (χ2n) is 6.92. The third kappa shape index (κ3) is 3.48. The molecule has 1 fully saturated rings. The van der Waals surface area contributed by atoms with Gasteiger partial charge >= 0.3 is 6.18 Å². The summed E-state index contributed by atoms with van der Waals surface area (Å²) in [5, 5.41) is 14.0. The highest BCUT2D eigenvalue weighted by Gasteiger charge is 2.36. The van der Waals surface area contributed by atoms with Crippen LogP contribution in [0.15, 0.2) is 24.3 Å². The standard InChI is InChI=1S/C18H20F4N2O/c1-17(2,19)14-9-11(16(25)13-7-4-8-23-13)10-5-3-6-12(15(10)24-14)18(20,21)22/h3,5-6,9,13,16,23,25H,4,7-8H2,1-2H3. The van der Waals surface area contributed by atoms with Gasteiger partial charge in [-0.25, -0.2) is 9.37 Å². The molecule has 0 aliphatic carbocycles. The van der Waals surface area contributed by atoms with Crippen molar-refractivity contribution >= 4 is 10.9 Å². The number of nitrogens with zero attached hydrogens (tertiary/aromatic N) is 1. The van der Waals surface area contributed by atoms with E-state index in [-0.39, 0.29) is 28.2 Å². The fraction of sp³-hybridized carbons (Fsp3) is 0.500. The number of aliphatic hydroxyl groups is 1. The highest BCUT2D eigenvalue weighted by Crippen LogP contribution is 2.39. The minimum Gasteiger partial charge on any atom is -0.387 e. The third-order valence-electron chi connectivity index (χ3n) is 4.58. The molecule has 0 saturated carbocycles. The number of aromatic nitrogens is 1. The monoisotopic (exact) mass is 356 g/mol. The van der Waals surface area contributed by atoms with Crippen LogP contribution in [0, 0.1) is 0 Å². The molecule has 2 aromatic rings. The summed E-state index contributed by atoms with van der Waals surface area (Å²) in [5.41, 5.74) is -3.03. The Bertz CT molecular complexity index is 777. The van der Waals surface area contributed by atoms with Gasteiger partial charge in [0.25, 0.3) is 0 Å². The van der Waals surface area contributed by atoms with E-state index < -0.39 is 23.5 Å². The quantitative estimate of drug-likeness (QED) is 0.809. The Kier molecular flexibility index (Phi) is 4.49. The maximum absolute atomic E-state index is 14.5. The molecule has 1 aliphatic rings. The fourth-order valence-corrected chi connectivity index (χ4v) is 3.25. The molecule has 1 aromatic carbocycles. The van der Waals surface area contributed by atoms with E-state index in [1.54, 1.807) is 0 Å². The molecule has 2 atom stereocenters. The highest BCUT2D eigenvalue weighted by molar-refractivity contribution is 5.86. The second kappa shape index (κ2) is 6.21. The van der Waals surface area contributed by atoms with E-state index >= 15 is 0 Å². The summed E-state index contributed by atoms with van der Waals surface area (Å²) < 4.78 is 54.6. The van der Waals surface area contributed by atoms with Gasteiger partial charge in [0.05, 0.1) is 22.9 Å². The summed E-state index contributed by atoms with van der Waals surface area (Å²) in [5.74, 6) is 0. The van der Waals surface area contributed by atoms with Gasteiger partial charge in [0.1, 0.15) is 5.67 Å². The topological polar surface area (TPSA) is 45.1 Å². The Morgan fingerprint density at radius 1 is 1.24 bits per heavy atom. The first-order valence-corrected chi connectivity index (χ1v) is 8.21. The highest BCUT2D eigenvalue weighted by atomic mass is 19.4. The molecule has 136 valence electrons. The van der Waals surface area contributed by atoms with E-state index in [0.717, 1.165) is 19.0 Å². The maximum Gasteiger partial charge on any atom is 0.418 e. The van der Waals surface area contributed by atoms with Gasteiger partial charge in [0.15, 0.2) is 0 Å². The Hall–Kier alpha value is -1.73. The van der Waals surface area contributed by atoms with Gasteiger partial charge in [0.2, 0.25) is 0 Å². The Morgan fingerprint density at radius 2 is 1.96 bits per heavy atom. The number of nitrogens with one attached hydrogen (secondary N) is 1. The van der Waals surface area contributed by atoms with Gasteiger partial charge in [-0.15, -0.1) is 0 Å². The molecule has 1 saturated heterocycles. The zero-order chi connectivity index (χ0) is 18.4. The molecule has 0 radical (unpaired) electrons. The molecule has 1 aliphatic heterocycles. The van der Waals surface area contributed by atoms with Crippen molar-refractivity contribution in [1.29, 1.82) is 0 Å². The average molecular weight is 356 g/mol. The average Bonchev–Trinajstić information content (AvgIpc) is 3.05. The number of pyridine rings is 1. The van der Waals surface area contributed by atoms with Gasteiger partial charge in [-0.3, -0.25) is 0 Å². The molecule has 2 unspecified atom stereocenters. The zero-order valence-corrected chi connectivity index (χ0v) is 14.0. The molecular weight excluding hydrogens is 336 g/mol. The zero-order valence-electron chi connectivity index (χ0n) is 14.0. The van der Waals surface area contributed by atoms with Crippen LogP contribution in [-0.2, 0) is 11.8 Å². The number of hydrogen-bond acceptors (Lipinski definition) is 3. The molecule has 0 spiro atoms. The number of alkyl halides is 4. The molecule has 2 heterocycles. The lowest BCUT2D eigenvalue weighted by molar-refractivity contribution is -0.136. The lowest BCUT2D eigenvalue weighted by Crippen LogP contribution is -2.29. The number of rotatable bonds is 3. The predicted octanol–water partition coefficient (Wildman–Crippen LogP) is 4.24. The third-order valence-corrected chi connectivity index (χ3v) is 4.58. The molecule has 0 bridgehead atoms. The molecule has 3 nitrogen and oxygen atoms in total. The molecule has 1 aromatic heterocycles. The van der Waals surface area contributed by atoms with Crippen molar-refractivity contribution < 1.29 is 22.7 Å². The number of hydrogen-bond donors (Lipinski definition) is 2. The summed E-state index contributed by atoms with van der Waals surface area (Å²) in [4.78, 5) is 3.96. The van der Waals surface area contributed by atoms with Gasteiger partial charge in [-0.2, -0.15) is 13.2 Å². The van der Waals surface area contributed by atoms with Crippen LogP contribution in [0.25, 0.3) is 10.9 Å². The van der Waals surface area contributed by atoms with E-state index in [0.29, 0.717) is 6.42 Å². The van der Waals surface area contributed by atoms with Gasteiger partial charge in [-0.1, -0.05) is 12.1 Å². The van der Waals surface area contributed by atoms with Crippen LogP contribution < -0.4 is 5.32 Å². The maximum atomic E-state index is 14.5. The normalized spacial score (nSPS) is 20.2. The van der Waals surface area contributed by atoms with Gasteiger partial charge in [-0.05, 0) is 50.9 Å². The van der Waals surface area contributed by atoms with Crippen LogP contribution >= 0.6 is 0 Å². The largest absolute Gasteiger partial charge is 0.418 e. The minimum atomic E-state index is -4.61. The van der Waals surface area contributed by atoms with Crippen molar-refractivity contribution in [3.05, 3.63) is 41.1 Å². The summed E-state index contributed by atoms with van der Waals surface area (Å²) >= 11 is 0. The molecule has 3 rings (SSSR count). The molecular formula is C18H20F4N2O. The smallest absolute Gasteiger partial charge is 0.387 e. The molecule has 25 heavy (non-hydrogen) atoms. The number of fused-ring (bicyclic) bond motifs is 1. The SMILES string of the molecule is CC(C)(F)c1cc(C(O)C2CCCN2)c2cccc(C(F)(F)F)c2n1. The van der Waals surface area contributed by atoms with Crippen molar-refractivity contribution in [3.63, 3.8) is 0 Å². The van der Waals surface area contributed by atoms with Crippen LogP contribution in [0.1, 0.15) is 49.6 Å². The molecule has 2 N–H and O–H groups in total. The van der Waals surface area contributed by atoms with Crippen molar-refractivity contribution in [2.24, 2.45) is 0 Å². The van der Waals surface area contributed by atoms with Crippen molar-refractivity contribution in [3.8, 4) is 0 Å². The van der Waals surface area contributed by atoms with Crippen LogP contribution in [0.2, 0.25) is 0 Å². The van der Waals surface area contributed by atoms with Crippen LogP contribution in [0.3, 0.4) is 0 Å². The Morgan fingerprint density at radius 3 is 2.52 bits per heavy atom. The van der Waals surface area contributed by atoms with E-state index in [9.17, 15) is 22.7 Å². The van der Waals surface area contributed by atoms with Crippen molar-refractivity contribution in [1.82, 2.24) is 10.3 Å². The molecule has 7 heteroatoms. The van der Waals surface area contributed by atoms with Gasteiger partial charge < -0.3 is 10.4 Å². The lowest BCUT2D eigenvalue weighted by atomic mass is 9.93. The summed E-state index contributed by atoms with van der Waals surface area (Å²) in [6.45, 7) is 3.21. The Labute approximate surface area is 143 Å². The first-order chi connectivity index (χ1) is 11.6. The first kappa shape index (κ1) is 18.1. The lowest BCUT2D eigenvalue weighted by Gasteiger charge is -2.24. The second-order valence-corrected chi connectivity index (χ2v) is 6.92. The van der Waals surface area contributed by atoms with Crippen LogP contribution in [0.5, 0.6) is 0 Å². The first-order valence-electron chi connectivity index (χ1n) is 8.21. The van der Waals surface area contributed by atoms with E-state index in [1.165, 1.54) is 32.0 Å². The van der Waals surface area contributed by atoms with E-state index in [2.05, 4.69) is 10.3 Å². The van der Waals surface area contributed by atoms with Crippen molar-refractivity contribution in [2.75, 3.05) is 6.54 Å². The summed E-state index contributed by atoms with van der Waals surface area (Å²) in [6.07, 6.45) is -4.06. The van der Waals surface area contributed by atoms with E-state index in [1.807, 2.05) is 0 Å². The number of benzene rings is 1. The number of para-hydroxylation sites is 1. The number of halogens is 4. The van der Waals surface area contributed by atoms with Crippen molar-refractivity contribution in [2.45, 2.75) is 50.7 Å². The van der Waals surface area contributed by atoms with Gasteiger partial charge in [0, 0.05) is 11.4 Å². The fourth-order valence-electron chi connectivity index (χ4n) is 3.25. The van der Waals surface area contributed by atoms with Crippen LogP contribution in [-0.4, -0.2) is 22.7 Å². The predicted molar refractivity (Wildman–Crippen MR) is 86.9 cm³/mol. The molecule has 0 amide bonds.